The molecule has 4 aromatic carbocycles. The van der Waals surface area contributed by atoms with E-state index in [1.54, 1.807) is 54.6 Å². The number of hydrogen-bond acceptors (Lipinski definition) is 9. The quantitative estimate of drug-likeness (QED) is 0.103. The molecule has 0 aliphatic rings. The van der Waals surface area contributed by atoms with Gasteiger partial charge in [0.2, 0.25) is 5.75 Å². The van der Waals surface area contributed by atoms with Crippen molar-refractivity contribution >= 4 is 46.3 Å². The lowest BCUT2D eigenvalue weighted by molar-refractivity contribution is 0.0730. The third-order valence-corrected chi connectivity index (χ3v) is 7.09. The van der Waals surface area contributed by atoms with Crippen LogP contribution in [0.1, 0.15) is 15.9 Å². The molecular formula is C32H25Cl2N3O7. The van der Waals surface area contributed by atoms with Crippen LogP contribution in [0.4, 0.5) is 0 Å². The second-order valence-corrected chi connectivity index (χ2v) is 10.00. The lowest BCUT2D eigenvalue weighted by atomic mass is 10.1. The molecule has 0 radical (unpaired) electrons. The van der Waals surface area contributed by atoms with Crippen LogP contribution in [0.25, 0.3) is 22.3 Å². The fourth-order valence-electron chi connectivity index (χ4n) is 4.41. The Morgan fingerprint density at radius 3 is 2.18 bits per heavy atom. The molecule has 5 rings (SSSR count). The van der Waals surface area contributed by atoms with Gasteiger partial charge in [0, 0.05) is 10.6 Å². The van der Waals surface area contributed by atoms with Crippen LogP contribution in [0, 0.1) is 0 Å². The first-order valence-corrected chi connectivity index (χ1v) is 13.7. The number of carbonyl (C=O) groups is 1. The smallest absolute Gasteiger partial charge is 0.345 e. The molecule has 44 heavy (non-hydrogen) atoms. The molecule has 10 nitrogen and oxygen atoms in total. The van der Waals surface area contributed by atoms with E-state index in [0.717, 1.165) is 0 Å². The fourth-order valence-corrected chi connectivity index (χ4v) is 4.90. The maximum Gasteiger partial charge on any atom is 0.345 e. The molecule has 0 spiro atoms. The highest BCUT2D eigenvalue weighted by atomic mass is 35.5. The first kappa shape index (κ1) is 30.4. The molecule has 0 saturated carbocycles. The topological polar surface area (TPSA) is 110 Å². The molecule has 224 valence electrons. The van der Waals surface area contributed by atoms with Gasteiger partial charge in [0.05, 0.1) is 56.1 Å². The Labute approximate surface area is 261 Å². The molecule has 0 bridgehead atoms. The molecule has 1 heterocycles. The van der Waals surface area contributed by atoms with Crippen LogP contribution in [-0.4, -0.2) is 50.3 Å². The van der Waals surface area contributed by atoms with Crippen LogP contribution in [-0.2, 0) is 0 Å². The first-order chi connectivity index (χ1) is 21.3. The molecule has 1 aromatic heterocycles. The van der Waals surface area contributed by atoms with E-state index < -0.39 is 11.5 Å². The summed E-state index contributed by atoms with van der Waals surface area (Å²) in [5, 5.41) is 5.42. The molecule has 0 saturated heterocycles. The highest BCUT2D eigenvalue weighted by molar-refractivity contribution is 6.36. The number of rotatable bonds is 9. The van der Waals surface area contributed by atoms with E-state index in [9.17, 15) is 9.59 Å². The summed E-state index contributed by atoms with van der Waals surface area (Å²) in [4.78, 5) is 31.2. The van der Waals surface area contributed by atoms with Crippen molar-refractivity contribution in [2.75, 3.05) is 28.4 Å². The van der Waals surface area contributed by atoms with Crippen LogP contribution in [0.15, 0.2) is 82.7 Å². The zero-order valence-corrected chi connectivity index (χ0v) is 25.5. The molecule has 12 heteroatoms. The number of esters is 1. The average Bonchev–Trinajstić information content (AvgIpc) is 3.03. The molecule has 0 unspecified atom stereocenters. The zero-order chi connectivity index (χ0) is 31.4. The van der Waals surface area contributed by atoms with E-state index in [1.807, 2.05) is 0 Å². The summed E-state index contributed by atoms with van der Waals surface area (Å²) in [7, 11) is 5.93. The summed E-state index contributed by atoms with van der Waals surface area (Å²) in [6, 6.07) is 19.6. The minimum absolute atomic E-state index is 0.145. The Balaban J connectivity index is 1.56. The molecule has 0 aliphatic heterocycles. The van der Waals surface area contributed by atoms with Crippen molar-refractivity contribution in [3.05, 3.63) is 104 Å². The molecule has 0 amide bonds. The van der Waals surface area contributed by atoms with Crippen molar-refractivity contribution in [2.45, 2.75) is 0 Å². The Hall–Kier alpha value is -5.06. The van der Waals surface area contributed by atoms with E-state index in [2.05, 4.69) is 5.10 Å². The summed E-state index contributed by atoms with van der Waals surface area (Å²) in [5.41, 5.74) is 1.28. The number of benzene rings is 4. The van der Waals surface area contributed by atoms with Gasteiger partial charge >= 0.3 is 5.97 Å². The number of nitrogens with zero attached hydrogens (tertiary/aromatic N) is 3. The van der Waals surface area contributed by atoms with Gasteiger partial charge in [-0.1, -0.05) is 35.3 Å². The summed E-state index contributed by atoms with van der Waals surface area (Å²) in [6.07, 6.45) is 1.46. The van der Waals surface area contributed by atoms with Crippen molar-refractivity contribution in [2.24, 2.45) is 5.10 Å². The minimum Gasteiger partial charge on any atom is -0.493 e. The predicted octanol–water partition coefficient (Wildman–Crippen LogP) is 6.51. The summed E-state index contributed by atoms with van der Waals surface area (Å²) < 4.78 is 28.6. The van der Waals surface area contributed by atoms with Gasteiger partial charge in [0.25, 0.3) is 5.56 Å². The number of carbonyl (C=O) groups excluding carboxylic acids is 1. The Morgan fingerprint density at radius 2 is 1.52 bits per heavy atom. The summed E-state index contributed by atoms with van der Waals surface area (Å²) in [6.45, 7) is 0. The van der Waals surface area contributed by atoms with E-state index >= 15 is 0 Å². The molecule has 0 N–H and O–H groups in total. The van der Waals surface area contributed by atoms with Gasteiger partial charge in [0.1, 0.15) is 0 Å². The number of hydrogen-bond donors (Lipinski definition) is 0. The first-order valence-electron chi connectivity index (χ1n) is 13.0. The van der Waals surface area contributed by atoms with Gasteiger partial charge in [-0.25, -0.2) is 9.78 Å². The van der Waals surface area contributed by atoms with Crippen LogP contribution in [0.2, 0.25) is 10.0 Å². The van der Waals surface area contributed by atoms with E-state index in [4.69, 9.17) is 51.9 Å². The van der Waals surface area contributed by atoms with Gasteiger partial charge in [0.15, 0.2) is 28.8 Å². The van der Waals surface area contributed by atoms with E-state index in [0.29, 0.717) is 44.3 Å². The fraction of sp³-hybridized carbons (Fsp3) is 0.125. The molecular weight excluding hydrogens is 609 g/mol. The van der Waals surface area contributed by atoms with Crippen molar-refractivity contribution in [3.63, 3.8) is 0 Å². The van der Waals surface area contributed by atoms with Gasteiger partial charge < -0.3 is 23.7 Å². The molecule has 0 aliphatic carbocycles. The standard InChI is InChI=1S/C32H25Cl2N3O7/c1-40-26-13-18(9-12-25(26)44-32(39)21-11-10-20(33)16-23(21)34)17-35-37-30(36-24-8-6-5-7-22(24)31(37)38)19-14-27(41-2)29(43-4)28(15-19)42-3/h5-17H,1-4H3. The number of halogens is 2. The van der Waals surface area contributed by atoms with Gasteiger partial charge in [-0.3, -0.25) is 4.79 Å². The maximum absolute atomic E-state index is 13.7. The molecule has 0 atom stereocenters. The van der Waals surface area contributed by atoms with E-state index in [-0.39, 0.29) is 27.9 Å². The van der Waals surface area contributed by atoms with Crippen LogP contribution >= 0.6 is 23.2 Å². The van der Waals surface area contributed by atoms with Crippen LogP contribution < -0.4 is 29.2 Å². The average molecular weight is 634 g/mol. The second kappa shape index (κ2) is 13.1. The Morgan fingerprint density at radius 1 is 0.818 bits per heavy atom. The van der Waals surface area contributed by atoms with Crippen molar-refractivity contribution in [1.29, 1.82) is 0 Å². The summed E-state index contributed by atoms with van der Waals surface area (Å²) >= 11 is 12.1. The molecule has 5 aromatic rings. The summed E-state index contributed by atoms with van der Waals surface area (Å²) in [5.74, 6) is 1.12. The number of para-hydroxylation sites is 1. The monoisotopic (exact) mass is 633 g/mol. The Kier molecular flexibility index (Phi) is 9.03. The van der Waals surface area contributed by atoms with Crippen LogP contribution in [0.5, 0.6) is 28.7 Å². The highest BCUT2D eigenvalue weighted by Gasteiger charge is 2.20. The van der Waals surface area contributed by atoms with Gasteiger partial charge in [-0.2, -0.15) is 9.78 Å². The van der Waals surface area contributed by atoms with Gasteiger partial charge in [-0.15, -0.1) is 0 Å². The molecule has 0 fully saturated rings. The lowest BCUT2D eigenvalue weighted by Crippen LogP contribution is -2.20. The van der Waals surface area contributed by atoms with E-state index in [1.165, 1.54) is 57.5 Å². The third-order valence-electron chi connectivity index (χ3n) is 6.54. The number of fused-ring (bicyclic) bond motifs is 1. The largest absolute Gasteiger partial charge is 0.493 e. The number of ether oxygens (including phenoxy) is 5. The highest BCUT2D eigenvalue weighted by Crippen LogP contribution is 2.41. The third kappa shape index (κ3) is 6.03. The second-order valence-electron chi connectivity index (χ2n) is 9.15. The van der Waals surface area contributed by atoms with Gasteiger partial charge in [-0.05, 0) is 66.2 Å². The van der Waals surface area contributed by atoms with Crippen molar-refractivity contribution in [1.82, 2.24) is 9.66 Å². The zero-order valence-electron chi connectivity index (χ0n) is 24.0. The Bertz CT molecular complexity index is 1950. The maximum atomic E-state index is 13.7. The minimum atomic E-state index is -0.685. The van der Waals surface area contributed by atoms with Crippen molar-refractivity contribution < 1.29 is 28.5 Å². The van der Waals surface area contributed by atoms with Crippen molar-refractivity contribution in [3.8, 4) is 40.1 Å². The lowest BCUT2D eigenvalue weighted by Gasteiger charge is -2.15. The van der Waals surface area contributed by atoms with Crippen LogP contribution in [0.3, 0.4) is 0 Å². The normalized spacial score (nSPS) is 11.0. The predicted molar refractivity (Wildman–Crippen MR) is 169 cm³/mol. The SMILES string of the molecule is COc1cc(C=Nn2c(-c3cc(OC)c(OC)c(OC)c3)nc3ccccc3c2=O)ccc1OC(=O)c1ccc(Cl)cc1Cl. The number of methoxy groups -OCH3 is 4. The number of aromatic nitrogens is 2.